The average molecular weight is 343 g/mol. The smallest absolute Gasteiger partial charge is 0.341 e. The van der Waals surface area contributed by atoms with Crippen molar-refractivity contribution in [2.75, 3.05) is 7.11 Å². The molecule has 0 aliphatic carbocycles. The monoisotopic (exact) mass is 341 g/mol. The van der Waals surface area contributed by atoms with E-state index in [-0.39, 0.29) is 14.5 Å². The Bertz CT molecular complexity index is 357. The third kappa shape index (κ3) is 2.68. The molecule has 0 amide bonds. The highest BCUT2D eigenvalue weighted by Gasteiger charge is 2.14. The lowest BCUT2D eigenvalue weighted by atomic mass is 10.2. The number of hydrogen-bond acceptors (Lipinski definition) is 3. The number of methoxy groups -OCH3 is 1. The van der Waals surface area contributed by atoms with Crippen LogP contribution in [-0.4, -0.2) is 18.1 Å². The Hall–Kier alpha value is -0.130. The first-order valence-electron chi connectivity index (χ1n) is 3.58. The second-order valence-electron chi connectivity index (χ2n) is 2.40. The van der Waals surface area contributed by atoms with Crippen LogP contribution in [0.1, 0.15) is 19.7 Å². The van der Waals surface area contributed by atoms with Crippen LogP contribution in [0.3, 0.4) is 0 Å². The molecule has 76 valence electrons. The van der Waals surface area contributed by atoms with Gasteiger partial charge in [-0.3, -0.25) is 0 Å². The first-order chi connectivity index (χ1) is 6.56. The lowest BCUT2D eigenvalue weighted by Crippen LogP contribution is -2.04. The summed E-state index contributed by atoms with van der Waals surface area (Å²) in [6.07, 6.45) is 1.57. The maximum atomic E-state index is 11.2. The molecule has 0 N–H and O–H groups in total. The molecule has 0 aliphatic heterocycles. The minimum absolute atomic E-state index is 0.0665. The number of alkyl halides is 2. The van der Waals surface area contributed by atoms with Crippen LogP contribution in [0.5, 0.6) is 0 Å². The van der Waals surface area contributed by atoms with Crippen molar-refractivity contribution < 1.29 is 9.53 Å². The maximum absolute atomic E-state index is 11.2. The van der Waals surface area contributed by atoms with Crippen LogP contribution in [0, 0.1) is 0 Å². The summed E-state index contributed by atoms with van der Waals surface area (Å²) in [7, 11) is 1.30. The number of pyridine rings is 1. The summed E-state index contributed by atoms with van der Waals surface area (Å²) < 4.78 is 4.49. The largest absolute Gasteiger partial charge is 0.465 e. The summed E-state index contributed by atoms with van der Waals surface area (Å²) in [6.45, 7) is 0. The first kappa shape index (κ1) is 11.9. The van der Waals surface area contributed by atoms with Crippen LogP contribution >= 0.6 is 43.5 Å². The number of halogens is 3. The van der Waals surface area contributed by atoms with E-state index in [1.54, 1.807) is 12.3 Å². The van der Waals surface area contributed by atoms with Crippen LogP contribution in [0.15, 0.2) is 12.3 Å². The SMILES string of the molecule is COC(=O)c1cc(C(Br)Br)cnc1Cl. The van der Waals surface area contributed by atoms with Gasteiger partial charge in [-0.1, -0.05) is 43.5 Å². The van der Waals surface area contributed by atoms with Crippen LogP contribution in [0.4, 0.5) is 0 Å². The van der Waals surface area contributed by atoms with Gasteiger partial charge in [0.15, 0.2) is 0 Å². The van der Waals surface area contributed by atoms with Gasteiger partial charge in [0.05, 0.1) is 16.4 Å². The summed E-state index contributed by atoms with van der Waals surface area (Å²) in [5.74, 6) is -0.495. The van der Waals surface area contributed by atoms with Crippen LogP contribution in [0.2, 0.25) is 5.15 Å². The highest BCUT2D eigenvalue weighted by atomic mass is 79.9. The molecule has 0 unspecified atom stereocenters. The van der Waals surface area contributed by atoms with Crippen molar-refractivity contribution in [1.82, 2.24) is 4.98 Å². The van der Waals surface area contributed by atoms with Crippen molar-refractivity contribution >= 4 is 49.4 Å². The van der Waals surface area contributed by atoms with E-state index < -0.39 is 5.97 Å². The second-order valence-corrected chi connectivity index (χ2v) is 5.82. The standard InChI is InChI=1S/C8H6Br2ClNO2/c1-14-8(13)5-2-4(6(9)10)3-12-7(5)11/h2-3,6H,1H3. The van der Waals surface area contributed by atoms with E-state index in [4.69, 9.17) is 11.6 Å². The van der Waals surface area contributed by atoms with Gasteiger partial charge in [-0.15, -0.1) is 0 Å². The minimum Gasteiger partial charge on any atom is -0.465 e. The van der Waals surface area contributed by atoms with Gasteiger partial charge in [-0.2, -0.15) is 0 Å². The molecule has 0 fully saturated rings. The van der Waals surface area contributed by atoms with E-state index in [0.717, 1.165) is 5.56 Å². The Morgan fingerprint density at radius 3 is 2.79 bits per heavy atom. The molecule has 3 nitrogen and oxygen atoms in total. The fourth-order valence-corrected chi connectivity index (χ4v) is 1.52. The number of aromatic nitrogens is 1. The molecule has 1 aromatic rings. The third-order valence-electron chi connectivity index (χ3n) is 1.52. The van der Waals surface area contributed by atoms with E-state index in [1.165, 1.54) is 7.11 Å². The van der Waals surface area contributed by atoms with E-state index >= 15 is 0 Å². The number of carbonyl (C=O) groups excluding carboxylic acids is 1. The molecule has 1 rings (SSSR count). The number of esters is 1. The van der Waals surface area contributed by atoms with Crippen LogP contribution in [-0.2, 0) is 4.74 Å². The number of ether oxygens (including phenoxy) is 1. The Morgan fingerprint density at radius 1 is 1.64 bits per heavy atom. The first-order valence-corrected chi connectivity index (χ1v) is 5.79. The highest BCUT2D eigenvalue weighted by molar-refractivity contribution is 9.24. The lowest BCUT2D eigenvalue weighted by molar-refractivity contribution is 0.0600. The fourth-order valence-electron chi connectivity index (χ4n) is 0.837. The average Bonchev–Trinajstić information content (AvgIpc) is 2.17. The van der Waals surface area contributed by atoms with Gasteiger partial charge < -0.3 is 4.74 Å². The number of rotatable bonds is 2. The number of nitrogens with zero attached hydrogens (tertiary/aromatic N) is 1. The van der Waals surface area contributed by atoms with Crippen LogP contribution < -0.4 is 0 Å². The number of carbonyl (C=O) groups is 1. The van der Waals surface area contributed by atoms with Crippen molar-refractivity contribution in [3.63, 3.8) is 0 Å². The van der Waals surface area contributed by atoms with Gasteiger partial charge in [-0.25, -0.2) is 9.78 Å². The van der Waals surface area contributed by atoms with Crippen LogP contribution in [0.25, 0.3) is 0 Å². The Kier molecular flexibility index (Phi) is 4.34. The third-order valence-corrected chi connectivity index (χ3v) is 2.88. The zero-order valence-electron chi connectivity index (χ0n) is 7.13. The van der Waals surface area contributed by atoms with Crippen molar-refractivity contribution in [2.24, 2.45) is 0 Å². The molecule has 1 aromatic heterocycles. The van der Waals surface area contributed by atoms with Crippen molar-refractivity contribution in [3.8, 4) is 0 Å². The van der Waals surface area contributed by atoms with Crippen molar-refractivity contribution in [3.05, 3.63) is 28.5 Å². The van der Waals surface area contributed by atoms with Crippen molar-refractivity contribution in [2.45, 2.75) is 3.74 Å². The van der Waals surface area contributed by atoms with Gasteiger partial charge >= 0.3 is 5.97 Å². The molecule has 0 saturated heterocycles. The van der Waals surface area contributed by atoms with Gasteiger partial charge in [0.1, 0.15) is 5.15 Å². The molecular formula is C8H6Br2ClNO2. The Morgan fingerprint density at radius 2 is 2.29 bits per heavy atom. The zero-order valence-corrected chi connectivity index (χ0v) is 11.1. The predicted molar refractivity (Wildman–Crippen MR) is 61.2 cm³/mol. The van der Waals surface area contributed by atoms with Gasteiger partial charge in [0.25, 0.3) is 0 Å². The maximum Gasteiger partial charge on any atom is 0.341 e. The molecule has 0 atom stereocenters. The highest BCUT2D eigenvalue weighted by Crippen LogP contribution is 2.30. The van der Waals surface area contributed by atoms with Gasteiger partial charge in [0, 0.05) is 6.20 Å². The molecule has 0 aromatic carbocycles. The molecule has 0 spiro atoms. The Labute approximate surface area is 103 Å². The summed E-state index contributed by atoms with van der Waals surface area (Å²) in [6, 6.07) is 1.62. The summed E-state index contributed by atoms with van der Waals surface area (Å²) in [5.41, 5.74) is 1.06. The molecule has 0 radical (unpaired) electrons. The lowest BCUT2D eigenvalue weighted by Gasteiger charge is -2.05. The fraction of sp³-hybridized carbons (Fsp3) is 0.250. The quantitative estimate of drug-likeness (QED) is 0.470. The predicted octanol–water partition coefficient (Wildman–Crippen LogP) is 3.31. The van der Waals surface area contributed by atoms with E-state index in [0.29, 0.717) is 0 Å². The van der Waals surface area contributed by atoms with E-state index in [9.17, 15) is 4.79 Å². The normalized spacial score (nSPS) is 10.4. The zero-order chi connectivity index (χ0) is 10.7. The molecule has 6 heteroatoms. The van der Waals surface area contributed by atoms with E-state index in [2.05, 4.69) is 41.6 Å². The topological polar surface area (TPSA) is 39.2 Å². The molecular weight excluding hydrogens is 337 g/mol. The van der Waals surface area contributed by atoms with Gasteiger partial charge in [0.2, 0.25) is 0 Å². The number of hydrogen-bond donors (Lipinski definition) is 0. The molecule has 14 heavy (non-hydrogen) atoms. The molecule has 0 saturated carbocycles. The summed E-state index contributed by atoms with van der Waals surface area (Å²) in [4.78, 5) is 15.1. The molecule has 0 aliphatic rings. The minimum atomic E-state index is -0.495. The van der Waals surface area contributed by atoms with Crippen molar-refractivity contribution in [1.29, 1.82) is 0 Å². The van der Waals surface area contributed by atoms with E-state index in [1.807, 2.05) is 0 Å². The Balaban J connectivity index is 3.15. The second kappa shape index (κ2) is 5.09. The summed E-state index contributed by atoms with van der Waals surface area (Å²) >= 11 is 12.3. The molecule has 1 heterocycles. The molecule has 0 bridgehead atoms. The van der Waals surface area contributed by atoms with Gasteiger partial charge in [-0.05, 0) is 11.6 Å². The summed E-state index contributed by atoms with van der Waals surface area (Å²) in [5, 5.41) is 0.140.